The van der Waals surface area contributed by atoms with Gasteiger partial charge in [-0.2, -0.15) is 0 Å². The summed E-state index contributed by atoms with van der Waals surface area (Å²) >= 11 is 0. The molecule has 2 nitrogen and oxygen atoms in total. The van der Waals surface area contributed by atoms with Gasteiger partial charge in [-0.25, -0.2) is 0 Å². The van der Waals surface area contributed by atoms with E-state index in [4.69, 9.17) is 5.73 Å². The summed E-state index contributed by atoms with van der Waals surface area (Å²) < 4.78 is 0. The number of rotatable bonds is 3. The first-order valence-corrected chi connectivity index (χ1v) is 7.61. The van der Waals surface area contributed by atoms with Gasteiger partial charge in [0.1, 0.15) is 0 Å². The maximum Gasteiger partial charge on any atom is 0.0369 e. The van der Waals surface area contributed by atoms with Gasteiger partial charge < -0.3 is 10.6 Å². The summed E-state index contributed by atoms with van der Waals surface area (Å²) in [4.78, 5) is 2.38. The first kappa shape index (κ1) is 14.4. The summed E-state index contributed by atoms with van der Waals surface area (Å²) in [6, 6.07) is 7.16. The molecule has 1 aliphatic carbocycles. The van der Waals surface area contributed by atoms with E-state index in [1.54, 1.807) is 0 Å². The van der Waals surface area contributed by atoms with Crippen molar-refractivity contribution in [3.63, 3.8) is 0 Å². The number of hydrogen-bond acceptors (Lipinski definition) is 2. The first-order valence-electron chi connectivity index (χ1n) is 7.61. The number of nitrogens with zero attached hydrogens (tertiary/aromatic N) is 1. The molecule has 1 aromatic rings. The highest BCUT2D eigenvalue weighted by Gasteiger charge is 2.21. The second-order valence-electron chi connectivity index (χ2n) is 6.29. The average molecular weight is 260 g/mol. The fourth-order valence-corrected chi connectivity index (χ4v) is 3.27. The number of benzene rings is 1. The number of anilines is 1. The van der Waals surface area contributed by atoms with Gasteiger partial charge >= 0.3 is 0 Å². The van der Waals surface area contributed by atoms with Crippen LogP contribution >= 0.6 is 0 Å². The van der Waals surface area contributed by atoms with Gasteiger partial charge in [-0.05, 0) is 55.9 Å². The Morgan fingerprint density at radius 2 is 1.68 bits per heavy atom. The molecule has 0 aliphatic heterocycles. The standard InChI is InChI=1S/C17H28N2/c1-13-9-14(2)11-16(10-13)19(3)12-15-7-5-4-6-8-17(15)18/h9-11,15,17H,4-8,12,18H2,1-3H3. The molecular formula is C17H28N2. The molecular weight excluding hydrogens is 232 g/mol. The second-order valence-corrected chi connectivity index (χ2v) is 6.29. The molecule has 2 unspecified atom stereocenters. The normalized spacial score (nSPS) is 24.0. The SMILES string of the molecule is Cc1cc(C)cc(N(C)CC2CCCCCC2N)c1. The zero-order valence-corrected chi connectivity index (χ0v) is 12.7. The van der Waals surface area contributed by atoms with Crippen molar-refractivity contribution >= 4 is 5.69 Å². The minimum atomic E-state index is 0.385. The molecule has 0 aromatic heterocycles. The monoisotopic (exact) mass is 260 g/mol. The predicted molar refractivity (Wildman–Crippen MR) is 83.7 cm³/mol. The maximum atomic E-state index is 6.34. The lowest BCUT2D eigenvalue weighted by Crippen LogP contribution is -2.37. The van der Waals surface area contributed by atoms with Crippen LogP contribution in [0.5, 0.6) is 0 Å². The summed E-state index contributed by atoms with van der Waals surface area (Å²) in [6.07, 6.45) is 6.50. The number of aryl methyl sites for hydroxylation is 2. The molecule has 2 atom stereocenters. The predicted octanol–water partition coefficient (Wildman–Crippen LogP) is 3.65. The maximum absolute atomic E-state index is 6.34. The third-order valence-corrected chi connectivity index (χ3v) is 4.37. The summed E-state index contributed by atoms with van der Waals surface area (Å²) in [6.45, 7) is 5.42. The molecule has 2 heteroatoms. The van der Waals surface area contributed by atoms with Crippen LogP contribution in [0, 0.1) is 19.8 Å². The first-order chi connectivity index (χ1) is 9.06. The van der Waals surface area contributed by atoms with E-state index in [-0.39, 0.29) is 0 Å². The minimum Gasteiger partial charge on any atom is -0.374 e. The topological polar surface area (TPSA) is 29.3 Å². The molecule has 0 amide bonds. The highest BCUT2D eigenvalue weighted by molar-refractivity contribution is 5.50. The van der Waals surface area contributed by atoms with Gasteiger partial charge in [-0.1, -0.05) is 25.3 Å². The summed E-state index contributed by atoms with van der Waals surface area (Å²) in [7, 11) is 2.20. The van der Waals surface area contributed by atoms with Gasteiger partial charge in [-0.15, -0.1) is 0 Å². The fraction of sp³-hybridized carbons (Fsp3) is 0.647. The molecule has 0 heterocycles. The van der Waals surface area contributed by atoms with E-state index in [9.17, 15) is 0 Å². The van der Waals surface area contributed by atoms with Crippen LogP contribution < -0.4 is 10.6 Å². The molecule has 1 fully saturated rings. The fourth-order valence-electron chi connectivity index (χ4n) is 3.27. The van der Waals surface area contributed by atoms with Gasteiger partial charge in [0, 0.05) is 25.3 Å². The van der Waals surface area contributed by atoms with Crippen LogP contribution in [-0.4, -0.2) is 19.6 Å². The van der Waals surface area contributed by atoms with E-state index < -0.39 is 0 Å². The summed E-state index contributed by atoms with van der Waals surface area (Å²) in [5, 5.41) is 0. The molecule has 2 rings (SSSR count). The molecule has 0 radical (unpaired) electrons. The molecule has 1 aliphatic rings. The molecule has 1 saturated carbocycles. The molecule has 1 aromatic carbocycles. The van der Waals surface area contributed by atoms with Crippen molar-refractivity contribution in [3.05, 3.63) is 29.3 Å². The van der Waals surface area contributed by atoms with Gasteiger partial charge in [0.15, 0.2) is 0 Å². The van der Waals surface area contributed by atoms with Crippen molar-refractivity contribution in [1.29, 1.82) is 0 Å². The van der Waals surface area contributed by atoms with Crippen LogP contribution in [0.1, 0.15) is 43.2 Å². The van der Waals surface area contributed by atoms with Crippen LogP contribution in [0.15, 0.2) is 18.2 Å². The van der Waals surface area contributed by atoms with Crippen LogP contribution in [0.25, 0.3) is 0 Å². The van der Waals surface area contributed by atoms with Gasteiger partial charge in [0.05, 0.1) is 0 Å². The van der Waals surface area contributed by atoms with Gasteiger partial charge in [0.2, 0.25) is 0 Å². The Balaban J connectivity index is 2.04. The molecule has 0 bridgehead atoms. The van der Waals surface area contributed by atoms with E-state index in [1.165, 1.54) is 48.9 Å². The summed E-state index contributed by atoms with van der Waals surface area (Å²) in [5.74, 6) is 0.647. The van der Waals surface area contributed by atoms with E-state index in [0.29, 0.717) is 12.0 Å². The molecule has 0 saturated heterocycles. The largest absolute Gasteiger partial charge is 0.374 e. The van der Waals surface area contributed by atoms with E-state index in [1.807, 2.05) is 0 Å². The highest BCUT2D eigenvalue weighted by atomic mass is 15.1. The minimum absolute atomic E-state index is 0.385. The Hall–Kier alpha value is -1.02. The Morgan fingerprint density at radius 1 is 1.05 bits per heavy atom. The van der Waals surface area contributed by atoms with E-state index in [0.717, 1.165) is 6.54 Å². The van der Waals surface area contributed by atoms with Crippen molar-refractivity contribution in [1.82, 2.24) is 0 Å². The number of nitrogens with two attached hydrogens (primary N) is 1. The smallest absolute Gasteiger partial charge is 0.0369 e. The van der Waals surface area contributed by atoms with Crippen molar-refractivity contribution in [2.45, 2.75) is 52.0 Å². The van der Waals surface area contributed by atoms with Crippen LogP contribution in [0.4, 0.5) is 5.69 Å². The second kappa shape index (κ2) is 6.42. The third kappa shape index (κ3) is 3.97. The van der Waals surface area contributed by atoms with Crippen molar-refractivity contribution in [2.75, 3.05) is 18.5 Å². The van der Waals surface area contributed by atoms with Gasteiger partial charge in [0.25, 0.3) is 0 Å². The van der Waals surface area contributed by atoms with Crippen LogP contribution in [-0.2, 0) is 0 Å². The number of hydrogen-bond donors (Lipinski definition) is 1. The molecule has 106 valence electrons. The van der Waals surface area contributed by atoms with Crippen LogP contribution in [0.3, 0.4) is 0 Å². The molecule has 19 heavy (non-hydrogen) atoms. The molecule has 0 spiro atoms. The van der Waals surface area contributed by atoms with Crippen LogP contribution in [0.2, 0.25) is 0 Å². The zero-order valence-electron chi connectivity index (χ0n) is 12.7. The zero-order chi connectivity index (χ0) is 13.8. The summed E-state index contributed by atoms with van der Waals surface area (Å²) in [5.41, 5.74) is 10.3. The lowest BCUT2D eigenvalue weighted by molar-refractivity contribution is 0.401. The highest BCUT2D eigenvalue weighted by Crippen LogP contribution is 2.25. The van der Waals surface area contributed by atoms with E-state index >= 15 is 0 Å². The average Bonchev–Trinajstić information content (AvgIpc) is 2.54. The quantitative estimate of drug-likeness (QED) is 0.841. The lowest BCUT2D eigenvalue weighted by atomic mass is 9.95. The Kier molecular flexibility index (Phi) is 4.87. The van der Waals surface area contributed by atoms with Crippen molar-refractivity contribution in [2.24, 2.45) is 11.7 Å². The van der Waals surface area contributed by atoms with E-state index in [2.05, 4.69) is 44.0 Å². The Bertz CT molecular complexity index is 393. The lowest BCUT2D eigenvalue weighted by Gasteiger charge is -2.29. The Labute approximate surface area is 118 Å². The van der Waals surface area contributed by atoms with Crippen molar-refractivity contribution < 1.29 is 0 Å². The van der Waals surface area contributed by atoms with Gasteiger partial charge in [-0.3, -0.25) is 0 Å². The van der Waals surface area contributed by atoms with Crippen molar-refractivity contribution in [3.8, 4) is 0 Å². The third-order valence-electron chi connectivity index (χ3n) is 4.37. The Morgan fingerprint density at radius 3 is 2.37 bits per heavy atom. The molecule has 2 N–H and O–H groups in total.